The van der Waals surface area contributed by atoms with Crippen LogP contribution in [0.3, 0.4) is 0 Å². The maximum Gasteiger partial charge on any atom is 0.292 e. The third kappa shape index (κ3) is 3.16. The van der Waals surface area contributed by atoms with E-state index >= 15 is 0 Å². The number of hydroxylamine groups is 1. The molecule has 0 radical (unpaired) electrons. The van der Waals surface area contributed by atoms with Gasteiger partial charge in [-0.3, -0.25) is 15.0 Å². The monoisotopic (exact) mass is 417 g/mol. The molecule has 0 bridgehead atoms. The summed E-state index contributed by atoms with van der Waals surface area (Å²) in [6, 6.07) is 8.67. The van der Waals surface area contributed by atoms with Crippen LogP contribution in [-0.2, 0) is 6.54 Å². The van der Waals surface area contributed by atoms with Crippen LogP contribution in [0.4, 0.5) is 11.8 Å². The second-order valence-corrected chi connectivity index (χ2v) is 6.68. The number of amides is 1. The van der Waals surface area contributed by atoms with Gasteiger partial charge in [0.2, 0.25) is 0 Å². The lowest BCUT2D eigenvalue weighted by Crippen LogP contribution is -2.18. The number of nitrogens with one attached hydrogen (secondary N) is 1. The number of carbonyl (C=O) groups is 1. The van der Waals surface area contributed by atoms with Crippen LogP contribution in [-0.4, -0.2) is 40.8 Å². The van der Waals surface area contributed by atoms with Crippen LogP contribution >= 0.6 is 0 Å². The van der Waals surface area contributed by atoms with E-state index in [9.17, 15) is 4.79 Å². The van der Waals surface area contributed by atoms with Crippen LogP contribution in [0, 0.1) is 0 Å². The number of nitrogen functional groups attached to an aromatic ring is 2. The van der Waals surface area contributed by atoms with Gasteiger partial charge in [-0.15, -0.1) is 0 Å². The molecule has 12 nitrogen and oxygen atoms in total. The molecule has 0 spiro atoms. The minimum atomic E-state index is -0.643. The summed E-state index contributed by atoms with van der Waals surface area (Å²) < 4.78 is 6.98. The molecular weight excluding hydrogens is 402 g/mol. The van der Waals surface area contributed by atoms with Gasteiger partial charge < -0.3 is 15.9 Å². The zero-order chi connectivity index (χ0) is 21.5. The lowest BCUT2D eigenvalue weighted by atomic mass is 10.1. The Labute approximate surface area is 173 Å². The molecule has 4 aromatic heterocycles. The Morgan fingerprint density at radius 3 is 2.81 bits per heavy atom. The zero-order valence-electron chi connectivity index (χ0n) is 15.9. The van der Waals surface area contributed by atoms with Gasteiger partial charge in [0.1, 0.15) is 23.4 Å². The highest BCUT2D eigenvalue weighted by molar-refractivity contribution is 5.99. The Morgan fingerprint density at radius 2 is 2.03 bits per heavy atom. The van der Waals surface area contributed by atoms with Gasteiger partial charge in [-0.1, -0.05) is 0 Å². The van der Waals surface area contributed by atoms with Crippen LogP contribution in [0.25, 0.3) is 33.4 Å². The first-order valence-corrected chi connectivity index (χ1v) is 9.06. The minimum absolute atomic E-state index is 0.0785. The number of carbonyl (C=O) groups excluding carboxylic acids is 1. The Kier molecular flexibility index (Phi) is 4.19. The van der Waals surface area contributed by atoms with Crippen molar-refractivity contribution in [3.05, 3.63) is 54.1 Å². The molecule has 5 aromatic rings. The third-order valence-corrected chi connectivity index (χ3v) is 4.74. The van der Waals surface area contributed by atoms with E-state index in [-0.39, 0.29) is 23.9 Å². The molecule has 0 fully saturated rings. The summed E-state index contributed by atoms with van der Waals surface area (Å²) in [5.74, 6) is -0.357. The predicted molar refractivity (Wildman–Crippen MR) is 110 cm³/mol. The topological polar surface area (TPSA) is 184 Å². The molecule has 12 heteroatoms. The van der Waals surface area contributed by atoms with Crippen molar-refractivity contribution in [1.29, 1.82) is 0 Å². The standard InChI is InChI=1S/C19H15N9O3/c20-16-14-15(9-2-4-13-12(5-9)25-19(21)31-13)26-28(17(14)24-8-23-16)7-11-3-1-10(6-22-11)18(29)27-30/h1-6,8,30H,7H2,(H2,21,25)(H,27,29)(H2,20,23,24). The number of nitrogens with zero attached hydrogens (tertiary/aromatic N) is 6. The third-order valence-electron chi connectivity index (χ3n) is 4.74. The molecule has 0 aliphatic heterocycles. The second-order valence-electron chi connectivity index (χ2n) is 6.68. The molecule has 0 aliphatic rings. The SMILES string of the molecule is Nc1nc2cc(-c3nn(Cc4ccc(C(=O)NO)cn4)c4ncnc(N)c34)ccc2o1. The van der Waals surface area contributed by atoms with Crippen molar-refractivity contribution in [2.45, 2.75) is 6.54 Å². The lowest BCUT2D eigenvalue weighted by molar-refractivity contribution is 0.0706. The number of nitrogens with two attached hydrogens (primary N) is 2. The number of hydrogen-bond acceptors (Lipinski definition) is 10. The Bertz CT molecular complexity index is 1440. The quantitative estimate of drug-likeness (QED) is 0.246. The number of hydrogen-bond donors (Lipinski definition) is 4. The van der Waals surface area contributed by atoms with Crippen molar-refractivity contribution in [3.8, 4) is 11.3 Å². The molecule has 1 aromatic carbocycles. The Hall–Kier alpha value is -4.58. The number of pyridine rings is 1. The van der Waals surface area contributed by atoms with Crippen LogP contribution in [0.15, 0.2) is 47.3 Å². The largest absolute Gasteiger partial charge is 0.424 e. The van der Waals surface area contributed by atoms with Gasteiger partial charge in [-0.05, 0) is 30.3 Å². The van der Waals surface area contributed by atoms with Crippen molar-refractivity contribution in [1.82, 2.24) is 35.2 Å². The van der Waals surface area contributed by atoms with Crippen molar-refractivity contribution in [2.75, 3.05) is 11.5 Å². The fourth-order valence-corrected chi connectivity index (χ4v) is 3.31. The summed E-state index contributed by atoms with van der Waals surface area (Å²) >= 11 is 0. The van der Waals surface area contributed by atoms with Gasteiger partial charge >= 0.3 is 0 Å². The molecule has 0 saturated carbocycles. The van der Waals surface area contributed by atoms with Gasteiger partial charge in [-0.2, -0.15) is 10.1 Å². The first-order valence-electron chi connectivity index (χ1n) is 9.06. The molecule has 0 aliphatic carbocycles. The second kappa shape index (κ2) is 7.03. The molecule has 0 unspecified atom stereocenters. The fraction of sp³-hybridized carbons (Fsp3) is 0.0526. The van der Waals surface area contributed by atoms with E-state index < -0.39 is 5.91 Å². The average molecular weight is 417 g/mol. The summed E-state index contributed by atoms with van der Waals surface area (Å²) in [5, 5.41) is 14.0. The van der Waals surface area contributed by atoms with Crippen molar-refractivity contribution >= 4 is 39.9 Å². The summed E-state index contributed by atoms with van der Waals surface area (Å²) in [5.41, 5.74) is 17.2. The van der Waals surface area contributed by atoms with Gasteiger partial charge in [0.25, 0.3) is 11.9 Å². The molecule has 6 N–H and O–H groups in total. The highest BCUT2D eigenvalue weighted by Gasteiger charge is 2.18. The molecule has 4 heterocycles. The van der Waals surface area contributed by atoms with Crippen molar-refractivity contribution in [2.24, 2.45) is 0 Å². The average Bonchev–Trinajstić information content (AvgIpc) is 3.33. The Balaban J connectivity index is 1.59. The summed E-state index contributed by atoms with van der Waals surface area (Å²) in [4.78, 5) is 28.3. The number of anilines is 2. The number of aromatic nitrogens is 6. The highest BCUT2D eigenvalue weighted by Crippen LogP contribution is 2.32. The van der Waals surface area contributed by atoms with Crippen LogP contribution < -0.4 is 16.9 Å². The van der Waals surface area contributed by atoms with Gasteiger partial charge in [0.15, 0.2) is 11.2 Å². The smallest absolute Gasteiger partial charge is 0.292 e. The zero-order valence-corrected chi connectivity index (χ0v) is 15.9. The van der Waals surface area contributed by atoms with Gasteiger partial charge in [0, 0.05) is 11.8 Å². The number of fused-ring (bicyclic) bond motifs is 2. The van der Waals surface area contributed by atoms with Crippen LogP contribution in [0.1, 0.15) is 16.1 Å². The summed E-state index contributed by atoms with van der Waals surface area (Å²) in [7, 11) is 0. The van der Waals surface area contributed by atoms with E-state index in [0.29, 0.717) is 33.5 Å². The van der Waals surface area contributed by atoms with E-state index in [4.69, 9.17) is 21.1 Å². The van der Waals surface area contributed by atoms with E-state index in [1.165, 1.54) is 12.5 Å². The lowest BCUT2D eigenvalue weighted by Gasteiger charge is -2.04. The van der Waals surface area contributed by atoms with Gasteiger partial charge in [0.05, 0.1) is 23.2 Å². The first-order chi connectivity index (χ1) is 15.0. The molecule has 154 valence electrons. The molecule has 0 saturated heterocycles. The summed E-state index contributed by atoms with van der Waals surface area (Å²) in [6.07, 6.45) is 2.73. The fourth-order valence-electron chi connectivity index (χ4n) is 3.31. The Morgan fingerprint density at radius 1 is 1.16 bits per heavy atom. The highest BCUT2D eigenvalue weighted by atomic mass is 16.5. The minimum Gasteiger partial charge on any atom is -0.424 e. The maximum atomic E-state index is 11.5. The van der Waals surface area contributed by atoms with E-state index in [1.54, 1.807) is 34.4 Å². The molecule has 1 amide bonds. The van der Waals surface area contributed by atoms with Crippen LogP contribution in [0.5, 0.6) is 0 Å². The number of rotatable bonds is 4. The molecule has 31 heavy (non-hydrogen) atoms. The summed E-state index contributed by atoms with van der Waals surface area (Å²) in [6.45, 7) is 0.271. The van der Waals surface area contributed by atoms with Crippen molar-refractivity contribution < 1.29 is 14.4 Å². The van der Waals surface area contributed by atoms with Gasteiger partial charge in [-0.25, -0.2) is 20.1 Å². The maximum absolute atomic E-state index is 11.5. The number of benzene rings is 1. The predicted octanol–water partition coefficient (Wildman–Crippen LogP) is 1.36. The van der Waals surface area contributed by atoms with E-state index in [2.05, 4.69) is 25.0 Å². The molecule has 0 atom stereocenters. The van der Waals surface area contributed by atoms with E-state index in [0.717, 1.165) is 5.56 Å². The normalized spacial score (nSPS) is 11.3. The number of oxazole rings is 1. The molecule has 5 rings (SSSR count). The molecular formula is C19H15N9O3. The van der Waals surface area contributed by atoms with Crippen LogP contribution in [0.2, 0.25) is 0 Å². The first kappa shape index (κ1) is 18.4. The van der Waals surface area contributed by atoms with Crippen molar-refractivity contribution in [3.63, 3.8) is 0 Å². The van der Waals surface area contributed by atoms with E-state index in [1.807, 2.05) is 6.07 Å².